The number of nitrogens with zero attached hydrogens (tertiary/aromatic N) is 1. The van der Waals surface area contributed by atoms with Gasteiger partial charge in [0.1, 0.15) is 6.10 Å². The smallest absolute Gasteiger partial charge is 0.122 e. The van der Waals surface area contributed by atoms with Gasteiger partial charge in [0.05, 0.1) is 11.8 Å². The van der Waals surface area contributed by atoms with Gasteiger partial charge in [-0.05, 0) is 18.6 Å². The second-order valence-electron chi connectivity index (χ2n) is 2.89. The van der Waals surface area contributed by atoms with Crippen molar-refractivity contribution in [1.82, 2.24) is 4.98 Å². The minimum atomic E-state index is -0.980. The Bertz CT molecular complexity index is 298. The van der Waals surface area contributed by atoms with Gasteiger partial charge in [-0.15, -0.1) is 0 Å². The van der Waals surface area contributed by atoms with Crippen LogP contribution in [0.1, 0.15) is 18.2 Å². The predicted molar refractivity (Wildman–Crippen MR) is 58.6 cm³/mol. The van der Waals surface area contributed by atoms with Gasteiger partial charge >= 0.3 is 0 Å². The first kappa shape index (κ1) is 11.9. The number of hydrogen-bond acceptors (Lipinski definition) is 3. The third kappa shape index (κ3) is 3.20. The van der Waals surface area contributed by atoms with Crippen molar-refractivity contribution in [3.63, 3.8) is 0 Å². The summed E-state index contributed by atoms with van der Waals surface area (Å²) < 4.78 is 0. The van der Waals surface area contributed by atoms with Crippen LogP contribution in [0.25, 0.3) is 0 Å². The lowest BCUT2D eigenvalue weighted by molar-refractivity contribution is 0.0148. The molecule has 78 valence electrons. The molecule has 2 unspecified atom stereocenters. The van der Waals surface area contributed by atoms with Gasteiger partial charge in [-0.3, -0.25) is 4.98 Å². The molecule has 0 amide bonds. The van der Waals surface area contributed by atoms with Crippen LogP contribution in [-0.4, -0.2) is 26.6 Å². The molecule has 0 bridgehead atoms. The van der Waals surface area contributed by atoms with Gasteiger partial charge in [-0.25, -0.2) is 0 Å². The number of pyridine rings is 1. The molecule has 2 atom stereocenters. The third-order valence-corrected chi connectivity index (χ3v) is 2.51. The highest BCUT2D eigenvalue weighted by atomic mass is 79.9. The first-order chi connectivity index (χ1) is 6.65. The summed E-state index contributed by atoms with van der Waals surface area (Å²) in [6, 6.07) is 3.16. The topological polar surface area (TPSA) is 53.4 Å². The molecular weight excluding hydrogens is 269 g/mol. The lowest BCUT2D eigenvalue weighted by Crippen LogP contribution is -2.19. The van der Waals surface area contributed by atoms with Crippen molar-refractivity contribution in [2.24, 2.45) is 0 Å². The summed E-state index contributed by atoms with van der Waals surface area (Å²) >= 11 is 8.92. The van der Waals surface area contributed by atoms with E-state index in [1.807, 2.05) is 0 Å². The molecule has 5 heteroatoms. The maximum atomic E-state index is 9.65. The number of rotatable bonds is 4. The van der Waals surface area contributed by atoms with Crippen LogP contribution in [0.5, 0.6) is 0 Å². The summed E-state index contributed by atoms with van der Waals surface area (Å²) in [6.07, 6.45) is 0.170. The van der Waals surface area contributed by atoms with Crippen molar-refractivity contribution in [1.29, 1.82) is 0 Å². The van der Waals surface area contributed by atoms with Crippen molar-refractivity contribution in [3.8, 4) is 0 Å². The van der Waals surface area contributed by atoms with Crippen LogP contribution in [0.4, 0.5) is 0 Å². The summed E-state index contributed by atoms with van der Waals surface area (Å²) in [7, 11) is 0. The molecule has 1 rings (SSSR count). The zero-order chi connectivity index (χ0) is 10.6. The van der Waals surface area contributed by atoms with E-state index >= 15 is 0 Å². The molecule has 0 aromatic carbocycles. The average Bonchev–Trinajstić information content (AvgIpc) is 2.17. The minimum absolute atomic E-state index is 0.394. The molecule has 0 radical (unpaired) electrons. The monoisotopic (exact) mass is 279 g/mol. The van der Waals surface area contributed by atoms with E-state index in [9.17, 15) is 10.2 Å². The summed E-state index contributed by atoms with van der Waals surface area (Å²) in [5, 5.41) is 20.3. The zero-order valence-electron chi connectivity index (χ0n) is 7.40. The molecule has 1 heterocycles. The van der Waals surface area contributed by atoms with Crippen LogP contribution >= 0.6 is 27.5 Å². The third-order valence-electron chi connectivity index (χ3n) is 1.82. The van der Waals surface area contributed by atoms with Crippen LogP contribution in [0, 0.1) is 0 Å². The molecule has 0 saturated carbocycles. The van der Waals surface area contributed by atoms with Gasteiger partial charge in [0.25, 0.3) is 0 Å². The number of hydrogen-bond donors (Lipinski definition) is 2. The Labute approximate surface area is 95.9 Å². The molecule has 1 aromatic heterocycles. The van der Waals surface area contributed by atoms with E-state index in [0.29, 0.717) is 22.5 Å². The van der Waals surface area contributed by atoms with E-state index in [1.54, 1.807) is 12.1 Å². The van der Waals surface area contributed by atoms with Gasteiger partial charge in [-0.1, -0.05) is 27.5 Å². The fourth-order valence-corrected chi connectivity index (χ4v) is 1.69. The summed E-state index contributed by atoms with van der Waals surface area (Å²) in [5.74, 6) is 0. The summed E-state index contributed by atoms with van der Waals surface area (Å²) in [5.41, 5.74) is 0.394. The van der Waals surface area contributed by atoms with Gasteiger partial charge < -0.3 is 10.2 Å². The van der Waals surface area contributed by atoms with E-state index in [4.69, 9.17) is 11.6 Å². The number of alkyl halides is 1. The van der Waals surface area contributed by atoms with Crippen molar-refractivity contribution < 1.29 is 10.2 Å². The Morgan fingerprint density at radius 3 is 2.79 bits per heavy atom. The Morgan fingerprint density at radius 2 is 2.21 bits per heavy atom. The first-order valence-electron chi connectivity index (χ1n) is 4.18. The van der Waals surface area contributed by atoms with E-state index < -0.39 is 12.2 Å². The molecular formula is C9H11BrClNO2. The number of aliphatic hydroxyl groups excluding tert-OH is 2. The van der Waals surface area contributed by atoms with E-state index in [0.717, 1.165) is 0 Å². The average molecular weight is 281 g/mol. The first-order valence-corrected chi connectivity index (χ1v) is 5.68. The minimum Gasteiger partial charge on any atom is -0.390 e. The highest BCUT2D eigenvalue weighted by molar-refractivity contribution is 9.09. The van der Waals surface area contributed by atoms with Crippen LogP contribution in [0.15, 0.2) is 18.3 Å². The van der Waals surface area contributed by atoms with Gasteiger partial charge in [0.15, 0.2) is 0 Å². The van der Waals surface area contributed by atoms with E-state index in [1.165, 1.54) is 6.20 Å². The maximum Gasteiger partial charge on any atom is 0.122 e. The molecule has 3 nitrogen and oxygen atoms in total. The molecule has 0 saturated heterocycles. The zero-order valence-corrected chi connectivity index (χ0v) is 9.74. The fourth-order valence-electron chi connectivity index (χ4n) is 1.05. The molecule has 0 aliphatic carbocycles. The van der Waals surface area contributed by atoms with Crippen molar-refractivity contribution in [3.05, 3.63) is 29.0 Å². The normalized spacial score (nSPS) is 15.1. The predicted octanol–water partition coefficient (Wildman–Crippen LogP) is 1.91. The van der Waals surface area contributed by atoms with Crippen LogP contribution < -0.4 is 0 Å². The highest BCUT2D eigenvalue weighted by Gasteiger charge is 2.18. The largest absolute Gasteiger partial charge is 0.390 e. The van der Waals surface area contributed by atoms with Gasteiger partial charge in [0, 0.05) is 16.5 Å². The van der Waals surface area contributed by atoms with Crippen LogP contribution in [0.2, 0.25) is 5.02 Å². The molecule has 1 aromatic rings. The molecule has 0 aliphatic heterocycles. The van der Waals surface area contributed by atoms with Crippen LogP contribution in [-0.2, 0) is 0 Å². The molecule has 0 spiro atoms. The van der Waals surface area contributed by atoms with E-state index in [-0.39, 0.29) is 0 Å². The fraction of sp³-hybridized carbons (Fsp3) is 0.444. The SMILES string of the molecule is OC(CCBr)C(O)c1cc(Cl)ccn1. The van der Waals surface area contributed by atoms with Crippen LogP contribution in [0.3, 0.4) is 0 Å². The highest BCUT2D eigenvalue weighted by Crippen LogP contribution is 2.19. The Balaban J connectivity index is 2.73. The number of halogens is 2. The Morgan fingerprint density at radius 1 is 1.50 bits per heavy atom. The summed E-state index contributed by atoms with van der Waals surface area (Å²) in [6.45, 7) is 0. The van der Waals surface area contributed by atoms with Crippen molar-refractivity contribution in [2.75, 3.05) is 5.33 Å². The number of aliphatic hydroxyl groups is 2. The van der Waals surface area contributed by atoms with Crippen molar-refractivity contribution in [2.45, 2.75) is 18.6 Å². The second kappa shape index (κ2) is 5.66. The second-order valence-corrected chi connectivity index (χ2v) is 4.12. The summed E-state index contributed by atoms with van der Waals surface area (Å²) in [4.78, 5) is 3.93. The molecule has 2 N–H and O–H groups in total. The molecule has 0 aliphatic rings. The maximum absolute atomic E-state index is 9.65. The molecule has 14 heavy (non-hydrogen) atoms. The van der Waals surface area contributed by atoms with Gasteiger partial charge in [-0.2, -0.15) is 0 Å². The quantitative estimate of drug-likeness (QED) is 0.829. The van der Waals surface area contributed by atoms with Crippen molar-refractivity contribution >= 4 is 27.5 Å². The van der Waals surface area contributed by atoms with E-state index in [2.05, 4.69) is 20.9 Å². The lowest BCUT2D eigenvalue weighted by atomic mass is 10.1. The molecule has 0 fully saturated rings. The number of aromatic nitrogens is 1. The Hall–Kier alpha value is -0.160. The van der Waals surface area contributed by atoms with Gasteiger partial charge in [0.2, 0.25) is 0 Å². The standard InChI is InChI=1S/C9H11BrClNO2/c10-3-1-8(13)9(14)7-5-6(11)2-4-12-7/h2,4-5,8-9,13-14H,1,3H2. The Kier molecular flexibility index (Phi) is 4.81. The lowest BCUT2D eigenvalue weighted by Gasteiger charge is -2.16.